The predicted octanol–water partition coefficient (Wildman–Crippen LogP) is 1.03. The molecule has 0 unspecified atom stereocenters. The highest BCUT2D eigenvalue weighted by Crippen LogP contribution is 2.31. The summed E-state index contributed by atoms with van der Waals surface area (Å²) in [6.45, 7) is 2.47. The molecule has 10 nitrogen and oxygen atoms in total. The van der Waals surface area contributed by atoms with E-state index in [9.17, 15) is 19.7 Å². The number of amides is 2. The van der Waals surface area contributed by atoms with Crippen molar-refractivity contribution in [1.29, 1.82) is 0 Å². The van der Waals surface area contributed by atoms with Gasteiger partial charge >= 0.3 is 0 Å². The van der Waals surface area contributed by atoms with Gasteiger partial charge in [-0.15, -0.1) is 10.1 Å². The Morgan fingerprint density at radius 1 is 1.18 bits per heavy atom. The zero-order chi connectivity index (χ0) is 20.2. The van der Waals surface area contributed by atoms with E-state index >= 15 is 0 Å². The van der Waals surface area contributed by atoms with Crippen LogP contribution in [0.4, 0.5) is 5.69 Å². The van der Waals surface area contributed by atoms with Crippen molar-refractivity contribution in [3.8, 4) is 5.75 Å². The molecule has 0 aromatic heterocycles. The van der Waals surface area contributed by atoms with Crippen LogP contribution in [0.2, 0.25) is 0 Å². The van der Waals surface area contributed by atoms with E-state index in [1.54, 1.807) is 0 Å². The summed E-state index contributed by atoms with van der Waals surface area (Å²) in [4.78, 5) is 37.2. The molecule has 0 saturated heterocycles. The van der Waals surface area contributed by atoms with Gasteiger partial charge in [-0.25, -0.2) is 0 Å². The molecule has 0 spiro atoms. The lowest BCUT2D eigenvalue weighted by Crippen LogP contribution is -2.32. The normalized spacial score (nSPS) is 12.2. The molecule has 1 aliphatic rings. The van der Waals surface area contributed by atoms with Crippen LogP contribution in [0.3, 0.4) is 0 Å². The highest BCUT2D eigenvalue weighted by atomic mass is 16.9. The average molecular weight is 394 g/mol. The monoisotopic (exact) mass is 394 g/mol. The highest BCUT2D eigenvalue weighted by Gasteiger charge is 2.21. The fourth-order valence-corrected chi connectivity index (χ4v) is 2.76. The SMILES string of the molecule is O=C(CCCCO[N+](=O)[O-])NCCNCCCOc1cccc2c1CC(=O)N2. The highest BCUT2D eigenvalue weighted by molar-refractivity contribution is 6.00. The van der Waals surface area contributed by atoms with E-state index in [1.165, 1.54) is 0 Å². The molecular weight excluding hydrogens is 368 g/mol. The zero-order valence-corrected chi connectivity index (χ0v) is 15.7. The molecule has 1 heterocycles. The van der Waals surface area contributed by atoms with Crippen LogP contribution in [0.1, 0.15) is 31.2 Å². The summed E-state index contributed by atoms with van der Waals surface area (Å²) in [5.41, 5.74) is 1.73. The van der Waals surface area contributed by atoms with Crippen LogP contribution < -0.4 is 20.7 Å². The first-order valence-electron chi connectivity index (χ1n) is 9.35. The summed E-state index contributed by atoms with van der Waals surface area (Å²) in [7, 11) is 0. The number of fused-ring (bicyclic) bond motifs is 1. The summed E-state index contributed by atoms with van der Waals surface area (Å²) >= 11 is 0. The molecule has 0 aliphatic carbocycles. The summed E-state index contributed by atoms with van der Waals surface area (Å²) in [5, 5.41) is 17.9. The Bertz CT molecular complexity index is 682. The standard InChI is InChI=1S/C18H26N4O6/c23-17(7-1-2-12-28-22(25)26)20-10-9-19-8-4-11-27-16-6-3-5-15-14(16)13-18(24)21-15/h3,5-6,19H,1-2,4,7-13H2,(H,20,23)(H,21,24). The van der Waals surface area contributed by atoms with Gasteiger partial charge in [0.25, 0.3) is 5.09 Å². The minimum absolute atomic E-state index is 0.0142. The molecular formula is C18H26N4O6. The summed E-state index contributed by atoms with van der Waals surface area (Å²) < 4.78 is 5.77. The number of nitrogens with one attached hydrogen (secondary N) is 3. The van der Waals surface area contributed by atoms with Crippen LogP contribution in [0.25, 0.3) is 0 Å². The quantitative estimate of drug-likeness (QED) is 0.244. The van der Waals surface area contributed by atoms with Crippen molar-refractivity contribution >= 4 is 17.5 Å². The van der Waals surface area contributed by atoms with Gasteiger partial charge in [0.05, 0.1) is 19.6 Å². The third-order valence-electron chi connectivity index (χ3n) is 4.12. The van der Waals surface area contributed by atoms with E-state index in [1.807, 2.05) is 18.2 Å². The lowest BCUT2D eigenvalue weighted by Gasteiger charge is -2.10. The van der Waals surface area contributed by atoms with Gasteiger partial charge < -0.3 is 25.5 Å². The average Bonchev–Trinajstić information content (AvgIpc) is 3.04. The smallest absolute Gasteiger partial charge is 0.294 e. The Hall–Kier alpha value is -2.88. The number of carbonyl (C=O) groups is 2. The van der Waals surface area contributed by atoms with Crippen molar-refractivity contribution in [2.75, 3.05) is 38.2 Å². The number of hydrogen-bond donors (Lipinski definition) is 3. The summed E-state index contributed by atoms with van der Waals surface area (Å²) in [6.07, 6.45) is 2.51. The van der Waals surface area contributed by atoms with Crippen LogP contribution in [0, 0.1) is 10.1 Å². The van der Waals surface area contributed by atoms with Crippen molar-refractivity contribution < 1.29 is 24.3 Å². The number of ether oxygens (including phenoxy) is 1. The summed E-state index contributed by atoms with van der Waals surface area (Å²) in [5.74, 6) is 0.652. The number of hydrogen-bond acceptors (Lipinski definition) is 7. The molecule has 3 N–H and O–H groups in total. The minimum atomic E-state index is -0.832. The molecule has 0 fully saturated rings. The number of rotatable bonds is 14. The van der Waals surface area contributed by atoms with E-state index in [0.29, 0.717) is 45.4 Å². The van der Waals surface area contributed by atoms with Crippen LogP contribution >= 0.6 is 0 Å². The summed E-state index contributed by atoms with van der Waals surface area (Å²) in [6, 6.07) is 5.59. The van der Waals surface area contributed by atoms with Crippen LogP contribution in [0.15, 0.2) is 18.2 Å². The first kappa shape index (κ1) is 21.4. The molecule has 0 radical (unpaired) electrons. The van der Waals surface area contributed by atoms with Crippen LogP contribution in [-0.2, 0) is 20.8 Å². The van der Waals surface area contributed by atoms with Gasteiger partial charge in [-0.3, -0.25) is 9.59 Å². The molecule has 0 bridgehead atoms. The Balaban J connectivity index is 1.44. The maximum atomic E-state index is 11.6. The van der Waals surface area contributed by atoms with Gasteiger partial charge in [0.15, 0.2) is 0 Å². The third kappa shape index (κ3) is 7.78. The van der Waals surface area contributed by atoms with Crippen molar-refractivity contribution in [3.05, 3.63) is 33.9 Å². The first-order chi connectivity index (χ1) is 13.6. The fourth-order valence-electron chi connectivity index (χ4n) is 2.76. The van der Waals surface area contributed by atoms with E-state index in [2.05, 4.69) is 20.8 Å². The van der Waals surface area contributed by atoms with E-state index < -0.39 is 5.09 Å². The molecule has 2 rings (SSSR count). The number of unbranched alkanes of at least 4 members (excludes halogenated alkanes) is 1. The van der Waals surface area contributed by atoms with Gasteiger partial charge in [-0.2, -0.15) is 0 Å². The lowest BCUT2D eigenvalue weighted by atomic mass is 10.1. The fraction of sp³-hybridized carbons (Fsp3) is 0.556. The Kier molecular flexibility index (Phi) is 8.99. The van der Waals surface area contributed by atoms with Crippen LogP contribution in [-0.4, -0.2) is 49.7 Å². The third-order valence-corrected chi connectivity index (χ3v) is 4.12. The van der Waals surface area contributed by atoms with Crippen molar-refractivity contribution in [2.45, 2.75) is 32.1 Å². The van der Waals surface area contributed by atoms with Gasteiger partial charge in [-0.05, 0) is 37.9 Å². The largest absolute Gasteiger partial charge is 0.493 e. The Labute approximate surface area is 163 Å². The first-order valence-corrected chi connectivity index (χ1v) is 9.35. The van der Waals surface area contributed by atoms with Gasteiger partial charge in [0, 0.05) is 30.8 Å². The zero-order valence-electron chi connectivity index (χ0n) is 15.7. The van der Waals surface area contributed by atoms with Gasteiger partial charge in [0.1, 0.15) is 5.75 Å². The Morgan fingerprint density at radius 2 is 2.04 bits per heavy atom. The topological polar surface area (TPSA) is 132 Å². The predicted molar refractivity (Wildman–Crippen MR) is 102 cm³/mol. The van der Waals surface area contributed by atoms with Crippen molar-refractivity contribution in [2.24, 2.45) is 0 Å². The number of nitrogens with zero attached hydrogens (tertiary/aromatic N) is 1. The molecule has 10 heteroatoms. The number of anilines is 1. The number of carbonyl (C=O) groups excluding carboxylic acids is 2. The van der Waals surface area contributed by atoms with Crippen molar-refractivity contribution in [3.63, 3.8) is 0 Å². The second-order valence-corrected chi connectivity index (χ2v) is 6.32. The molecule has 1 aromatic carbocycles. The van der Waals surface area contributed by atoms with Gasteiger partial charge in [-0.1, -0.05) is 6.07 Å². The molecule has 0 saturated carbocycles. The van der Waals surface area contributed by atoms with Crippen molar-refractivity contribution in [1.82, 2.24) is 10.6 Å². The van der Waals surface area contributed by atoms with E-state index in [-0.39, 0.29) is 18.4 Å². The molecule has 0 atom stereocenters. The maximum Gasteiger partial charge on any atom is 0.294 e. The maximum absolute atomic E-state index is 11.6. The molecule has 154 valence electrons. The molecule has 1 aliphatic heterocycles. The second kappa shape index (κ2) is 11.8. The Morgan fingerprint density at radius 3 is 2.86 bits per heavy atom. The second-order valence-electron chi connectivity index (χ2n) is 6.32. The minimum Gasteiger partial charge on any atom is -0.493 e. The molecule has 28 heavy (non-hydrogen) atoms. The van der Waals surface area contributed by atoms with E-state index in [4.69, 9.17) is 4.74 Å². The van der Waals surface area contributed by atoms with Gasteiger partial charge in [0.2, 0.25) is 11.8 Å². The molecule has 2 amide bonds. The lowest BCUT2D eigenvalue weighted by molar-refractivity contribution is -0.757. The van der Waals surface area contributed by atoms with Crippen LogP contribution in [0.5, 0.6) is 5.75 Å². The van der Waals surface area contributed by atoms with E-state index in [0.717, 1.165) is 30.0 Å². The number of benzene rings is 1. The molecule has 1 aromatic rings.